The van der Waals surface area contributed by atoms with Gasteiger partial charge in [0.05, 0.1) is 0 Å². The molecule has 2 aliphatic carbocycles. The Hall–Kier alpha value is -1.70. The molecule has 24 heavy (non-hydrogen) atoms. The van der Waals surface area contributed by atoms with Crippen LogP contribution in [-0.2, 0) is 9.59 Å². The van der Waals surface area contributed by atoms with E-state index in [2.05, 4.69) is 39.8 Å². The number of hydrogen-bond acceptors (Lipinski definition) is 2. The second kappa shape index (κ2) is 8.96. The molecule has 2 heteroatoms. The Morgan fingerprint density at radius 1 is 1.29 bits per heavy atom. The van der Waals surface area contributed by atoms with Crippen molar-refractivity contribution < 1.29 is 9.59 Å². The highest BCUT2D eigenvalue weighted by Crippen LogP contribution is 2.37. The number of carbonyl (C=O) groups excluding carboxylic acids is 2. The monoisotopic (exact) mass is 328 g/mol. The molecule has 0 aromatic carbocycles. The SMILES string of the molecule is CC1=CC(C)C(C=O)CC1.CC=CC(=O)C1=C(C)C=CCC1(C)C. The van der Waals surface area contributed by atoms with Gasteiger partial charge in [0, 0.05) is 11.5 Å². The minimum absolute atomic E-state index is 0.0184. The predicted molar refractivity (Wildman–Crippen MR) is 102 cm³/mol. The van der Waals surface area contributed by atoms with Gasteiger partial charge in [0.2, 0.25) is 0 Å². The molecule has 0 aromatic heterocycles. The first-order valence-corrected chi connectivity index (χ1v) is 8.90. The van der Waals surface area contributed by atoms with Crippen LogP contribution in [0, 0.1) is 17.3 Å². The van der Waals surface area contributed by atoms with Crippen LogP contribution in [0.25, 0.3) is 0 Å². The van der Waals surface area contributed by atoms with Gasteiger partial charge in [-0.05, 0) is 63.0 Å². The van der Waals surface area contributed by atoms with Crippen LogP contribution in [0.5, 0.6) is 0 Å². The molecule has 0 saturated heterocycles. The van der Waals surface area contributed by atoms with Gasteiger partial charge >= 0.3 is 0 Å². The Morgan fingerprint density at radius 2 is 1.96 bits per heavy atom. The van der Waals surface area contributed by atoms with Gasteiger partial charge in [0.1, 0.15) is 6.29 Å². The summed E-state index contributed by atoms with van der Waals surface area (Å²) in [5.74, 6) is 0.898. The lowest BCUT2D eigenvalue weighted by Crippen LogP contribution is -2.23. The van der Waals surface area contributed by atoms with Gasteiger partial charge in [-0.1, -0.05) is 50.6 Å². The molecule has 0 N–H and O–H groups in total. The van der Waals surface area contributed by atoms with E-state index < -0.39 is 0 Å². The molecule has 0 saturated carbocycles. The smallest absolute Gasteiger partial charge is 0.182 e. The van der Waals surface area contributed by atoms with Gasteiger partial charge in [0.15, 0.2) is 5.78 Å². The highest BCUT2D eigenvalue weighted by atomic mass is 16.1. The van der Waals surface area contributed by atoms with E-state index in [0.717, 1.165) is 36.7 Å². The fourth-order valence-corrected chi connectivity index (χ4v) is 3.52. The molecule has 0 bridgehead atoms. The van der Waals surface area contributed by atoms with Crippen molar-refractivity contribution in [3.63, 3.8) is 0 Å². The number of ketones is 1. The van der Waals surface area contributed by atoms with Crippen molar-refractivity contribution in [1.82, 2.24) is 0 Å². The Balaban J connectivity index is 0.000000254. The van der Waals surface area contributed by atoms with Gasteiger partial charge in [-0.3, -0.25) is 4.79 Å². The number of rotatable bonds is 3. The molecular weight excluding hydrogens is 296 g/mol. The zero-order valence-corrected chi connectivity index (χ0v) is 16.1. The van der Waals surface area contributed by atoms with E-state index in [9.17, 15) is 9.59 Å². The third-order valence-electron chi connectivity index (χ3n) is 4.90. The largest absolute Gasteiger partial charge is 0.303 e. The van der Waals surface area contributed by atoms with Crippen molar-refractivity contribution in [2.45, 2.75) is 60.8 Å². The fraction of sp³-hybridized carbons (Fsp3) is 0.545. The summed E-state index contributed by atoms with van der Waals surface area (Å²) < 4.78 is 0. The minimum Gasteiger partial charge on any atom is -0.303 e. The highest BCUT2D eigenvalue weighted by molar-refractivity contribution is 6.05. The molecule has 0 fully saturated rings. The molecule has 0 spiro atoms. The van der Waals surface area contributed by atoms with Crippen molar-refractivity contribution in [2.75, 3.05) is 0 Å². The van der Waals surface area contributed by atoms with E-state index in [4.69, 9.17) is 0 Å². The second-order valence-corrected chi connectivity index (χ2v) is 7.62. The van der Waals surface area contributed by atoms with Gasteiger partial charge in [-0.25, -0.2) is 0 Å². The molecular formula is C22H32O2. The van der Waals surface area contributed by atoms with E-state index in [1.54, 1.807) is 12.2 Å². The Labute approximate surface area is 147 Å². The van der Waals surface area contributed by atoms with E-state index in [1.165, 1.54) is 5.57 Å². The van der Waals surface area contributed by atoms with Gasteiger partial charge in [-0.2, -0.15) is 0 Å². The van der Waals surface area contributed by atoms with Gasteiger partial charge in [-0.15, -0.1) is 0 Å². The third-order valence-corrected chi connectivity index (χ3v) is 4.90. The molecule has 0 aromatic rings. The van der Waals surface area contributed by atoms with Crippen LogP contribution in [0.4, 0.5) is 0 Å². The summed E-state index contributed by atoms with van der Waals surface area (Å²) in [6.07, 6.45) is 14.0. The summed E-state index contributed by atoms with van der Waals surface area (Å²) in [6.45, 7) is 12.4. The first-order valence-electron chi connectivity index (χ1n) is 8.90. The average molecular weight is 328 g/mol. The molecule has 2 atom stereocenters. The molecule has 0 radical (unpaired) electrons. The number of allylic oxidation sites excluding steroid dienone is 8. The van der Waals surface area contributed by atoms with Crippen molar-refractivity contribution in [3.8, 4) is 0 Å². The van der Waals surface area contributed by atoms with Crippen LogP contribution in [0.15, 0.2) is 47.1 Å². The summed E-state index contributed by atoms with van der Waals surface area (Å²) in [5.41, 5.74) is 3.48. The molecule has 132 valence electrons. The van der Waals surface area contributed by atoms with E-state index >= 15 is 0 Å². The quantitative estimate of drug-likeness (QED) is 0.383. The van der Waals surface area contributed by atoms with Crippen LogP contribution in [-0.4, -0.2) is 12.1 Å². The number of aldehydes is 1. The summed E-state index contributed by atoms with van der Waals surface area (Å²) in [7, 11) is 0. The van der Waals surface area contributed by atoms with E-state index in [1.807, 2.05) is 19.9 Å². The van der Waals surface area contributed by atoms with Gasteiger partial charge in [0.25, 0.3) is 0 Å². The first kappa shape index (κ1) is 20.3. The van der Waals surface area contributed by atoms with Crippen LogP contribution in [0.3, 0.4) is 0 Å². The Morgan fingerprint density at radius 3 is 2.46 bits per heavy atom. The summed E-state index contributed by atoms with van der Waals surface area (Å²) in [4.78, 5) is 22.3. The van der Waals surface area contributed by atoms with Crippen molar-refractivity contribution >= 4 is 12.1 Å². The maximum absolute atomic E-state index is 11.8. The third kappa shape index (κ3) is 5.43. The maximum Gasteiger partial charge on any atom is 0.182 e. The molecule has 2 aliphatic rings. The summed E-state index contributed by atoms with van der Waals surface area (Å²) >= 11 is 0. The second-order valence-electron chi connectivity index (χ2n) is 7.62. The summed E-state index contributed by atoms with van der Waals surface area (Å²) in [6, 6.07) is 0. The van der Waals surface area contributed by atoms with Crippen LogP contribution in [0.2, 0.25) is 0 Å². The molecule has 0 aliphatic heterocycles. The highest BCUT2D eigenvalue weighted by Gasteiger charge is 2.29. The molecule has 2 unspecified atom stereocenters. The van der Waals surface area contributed by atoms with Crippen LogP contribution in [0.1, 0.15) is 60.8 Å². The standard InChI is InChI=1S/C13H18O.C9H14O/c1-5-7-11(14)12-10(2)8-6-9-13(12,3)4;1-7-3-4-9(6-10)8(2)5-7/h5-8H,9H2,1-4H3;5-6,8-9H,3-4H2,1-2H3. The van der Waals surface area contributed by atoms with E-state index in [-0.39, 0.29) is 17.1 Å². The van der Waals surface area contributed by atoms with Crippen LogP contribution < -0.4 is 0 Å². The molecule has 2 rings (SSSR count). The Kier molecular flexibility index (Phi) is 7.59. The van der Waals surface area contributed by atoms with Gasteiger partial charge < -0.3 is 4.79 Å². The van der Waals surface area contributed by atoms with E-state index in [0.29, 0.717) is 5.92 Å². The van der Waals surface area contributed by atoms with Crippen LogP contribution >= 0.6 is 0 Å². The predicted octanol–water partition coefficient (Wildman–Crippen LogP) is 5.61. The lowest BCUT2D eigenvalue weighted by atomic mass is 9.74. The normalized spacial score (nSPS) is 25.8. The molecule has 0 amide bonds. The fourth-order valence-electron chi connectivity index (χ4n) is 3.52. The van der Waals surface area contributed by atoms with Crippen molar-refractivity contribution in [1.29, 1.82) is 0 Å². The summed E-state index contributed by atoms with van der Waals surface area (Å²) in [5, 5.41) is 0. The van der Waals surface area contributed by atoms with Crippen molar-refractivity contribution in [3.05, 3.63) is 47.1 Å². The lowest BCUT2D eigenvalue weighted by Gasteiger charge is -2.29. The average Bonchev–Trinajstić information content (AvgIpc) is 2.47. The number of hydrogen-bond donors (Lipinski definition) is 0. The Bertz CT molecular complexity index is 585. The number of carbonyl (C=O) groups is 2. The lowest BCUT2D eigenvalue weighted by molar-refractivity contribution is -0.113. The minimum atomic E-state index is -0.0184. The maximum atomic E-state index is 11.8. The zero-order chi connectivity index (χ0) is 18.3. The molecule has 2 nitrogen and oxygen atoms in total. The first-order chi connectivity index (χ1) is 11.2. The van der Waals surface area contributed by atoms with Crippen molar-refractivity contribution in [2.24, 2.45) is 17.3 Å². The topological polar surface area (TPSA) is 34.1 Å². The zero-order valence-electron chi connectivity index (χ0n) is 16.1. The molecule has 0 heterocycles.